The van der Waals surface area contributed by atoms with Gasteiger partial charge in [0.25, 0.3) is 0 Å². The van der Waals surface area contributed by atoms with Crippen molar-refractivity contribution in [2.45, 2.75) is 57.8 Å². The summed E-state index contributed by atoms with van der Waals surface area (Å²) in [5, 5.41) is 35.0. The second-order valence-corrected chi connectivity index (χ2v) is 9.89. The van der Waals surface area contributed by atoms with E-state index >= 15 is 0 Å². The van der Waals surface area contributed by atoms with Crippen molar-refractivity contribution < 1.29 is 34.9 Å². The Hall–Kier alpha value is -2.93. The highest BCUT2D eigenvalue weighted by atomic mass is 16.9. The first kappa shape index (κ1) is 29.3. The minimum Gasteiger partial charge on any atom is -0.507 e. The zero-order valence-electron chi connectivity index (χ0n) is 21.4. The van der Waals surface area contributed by atoms with Crippen LogP contribution in [0.5, 0.6) is 5.75 Å². The van der Waals surface area contributed by atoms with Crippen molar-refractivity contribution in [1.29, 1.82) is 0 Å². The van der Waals surface area contributed by atoms with Crippen LogP contribution in [-0.4, -0.2) is 52.8 Å². The van der Waals surface area contributed by atoms with Crippen LogP contribution >= 0.6 is 0 Å². The zero-order chi connectivity index (χ0) is 26.8. The van der Waals surface area contributed by atoms with Crippen LogP contribution in [0.3, 0.4) is 0 Å². The van der Waals surface area contributed by atoms with Crippen molar-refractivity contribution in [2.75, 3.05) is 26.4 Å². The number of benzene rings is 2. The van der Waals surface area contributed by atoms with E-state index in [1.165, 1.54) is 41.7 Å². The normalized spacial score (nSPS) is 15.1. The number of aliphatic hydroxyl groups excluding tert-OH is 2. The lowest BCUT2D eigenvalue weighted by Crippen LogP contribution is -2.33. The fraction of sp³-hybridized carbons (Fsp3) is 0.464. The highest BCUT2D eigenvalue weighted by molar-refractivity contribution is 5.90. The number of aromatic carboxylic acids is 1. The molecule has 0 aromatic heterocycles. The Morgan fingerprint density at radius 3 is 2.11 bits per heavy atom. The summed E-state index contributed by atoms with van der Waals surface area (Å²) in [5.41, 5.74) is 6.98. The zero-order valence-corrected chi connectivity index (χ0v) is 21.4. The Kier molecular flexibility index (Phi) is 10.9. The summed E-state index contributed by atoms with van der Waals surface area (Å²) in [6.45, 7) is 9.47. The maximum absolute atomic E-state index is 11.0. The lowest BCUT2D eigenvalue weighted by molar-refractivity contribution is -0.178. The number of hydrogen-bond donors (Lipinski definition) is 5. The number of rotatable bonds is 8. The molecule has 1 aliphatic carbocycles. The fourth-order valence-electron chi connectivity index (χ4n) is 4.00. The Balaban J connectivity index is 0.000000434. The molecule has 1 aliphatic rings. The van der Waals surface area contributed by atoms with Crippen LogP contribution in [0.25, 0.3) is 0 Å². The molecule has 0 saturated heterocycles. The quantitative estimate of drug-likeness (QED) is 0.212. The van der Waals surface area contributed by atoms with E-state index in [2.05, 4.69) is 73.1 Å². The summed E-state index contributed by atoms with van der Waals surface area (Å²) in [4.78, 5) is 19.9. The third-order valence-corrected chi connectivity index (χ3v) is 6.18. The molecular weight excluding hydrogens is 462 g/mol. The molecule has 0 saturated carbocycles. The third kappa shape index (κ3) is 8.33. The maximum atomic E-state index is 11.0. The minimum absolute atomic E-state index is 0.0600. The van der Waals surface area contributed by atoms with Crippen LogP contribution in [0, 0.1) is 11.8 Å². The van der Waals surface area contributed by atoms with Crippen molar-refractivity contribution in [3.63, 3.8) is 0 Å². The predicted molar refractivity (Wildman–Crippen MR) is 137 cm³/mol. The van der Waals surface area contributed by atoms with Crippen molar-refractivity contribution in [3.05, 3.63) is 64.2 Å². The number of carbonyl (C=O) groups is 1. The van der Waals surface area contributed by atoms with Gasteiger partial charge in [-0.3, -0.25) is 9.68 Å². The maximum Gasteiger partial charge on any atom is 0.339 e. The van der Waals surface area contributed by atoms with E-state index in [0.717, 1.165) is 0 Å². The molecule has 196 valence electrons. The van der Waals surface area contributed by atoms with Crippen LogP contribution in [-0.2, 0) is 26.9 Å². The van der Waals surface area contributed by atoms with Gasteiger partial charge in [0.2, 0.25) is 0 Å². The van der Waals surface area contributed by atoms with E-state index in [4.69, 9.17) is 15.3 Å². The summed E-state index contributed by atoms with van der Waals surface area (Å²) in [6, 6.07) is 11.1. The van der Waals surface area contributed by atoms with E-state index in [0.29, 0.717) is 12.0 Å². The van der Waals surface area contributed by atoms with E-state index in [1.54, 1.807) is 6.07 Å². The molecule has 0 aliphatic heterocycles. The molecule has 0 fully saturated rings. The topological polar surface area (TPSA) is 128 Å². The van der Waals surface area contributed by atoms with Crippen LogP contribution < -0.4 is 5.64 Å². The van der Waals surface area contributed by atoms with Crippen molar-refractivity contribution in [1.82, 2.24) is 5.64 Å². The Morgan fingerprint density at radius 1 is 0.944 bits per heavy atom. The molecule has 0 radical (unpaired) electrons. The fourth-order valence-corrected chi connectivity index (χ4v) is 4.00. The Bertz CT molecular complexity index is 1080. The predicted octanol–water partition coefficient (Wildman–Crippen LogP) is 3.46. The van der Waals surface area contributed by atoms with E-state index in [-0.39, 0.29) is 48.6 Å². The molecule has 2 aromatic carbocycles. The average molecular weight is 500 g/mol. The molecule has 0 unspecified atom stereocenters. The number of hydrogen-bond acceptors (Lipinski definition) is 7. The number of aliphatic hydroxyl groups is 2. The third-order valence-electron chi connectivity index (χ3n) is 6.18. The molecular formula is C28H37NO7. The molecule has 0 bridgehead atoms. The highest BCUT2D eigenvalue weighted by Crippen LogP contribution is 2.45. The lowest BCUT2D eigenvalue weighted by Gasteiger charge is -2.42. The summed E-state index contributed by atoms with van der Waals surface area (Å²) in [7, 11) is 0. The van der Waals surface area contributed by atoms with E-state index in [9.17, 15) is 9.90 Å². The molecule has 8 nitrogen and oxygen atoms in total. The molecule has 0 heterocycles. The van der Waals surface area contributed by atoms with Crippen LogP contribution in [0.1, 0.15) is 73.1 Å². The van der Waals surface area contributed by atoms with Gasteiger partial charge < -0.3 is 20.4 Å². The van der Waals surface area contributed by atoms with Gasteiger partial charge in [0.15, 0.2) is 0 Å². The minimum atomic E-state index is -1.15. The number of fused-ring (bicyclic) bond motifs is 1. The SMILES string of the molecule is CC1(C)CCC(C)(C)c2cc(CC#Cc3ccc(C(=O)O)c(O)c3)ccc21.OCCONOCCO. The largest absolute Gasteiger partial charge is 0.507 e. The molecule has 8 heteroatoms. The summed E-state index contributed by atoms with van der Waals surface area (Å²) in [5.74, 6) is 4.75. The van der Waals surface area contributed by atoms with Gasteiger partial charge in [-0.15, -0.1) is 0 Å². The highest BCUT2D eigenvalue weighted by Gasteiger charge is 2.36. The van der Waals surface area contributed by atoms with Gasteiger partial charge in [0.05, 0.1) is 26.4 Å². The van der Waals surface area contributed by atoms with E-state index < -0.39 is 5.97 Å². The van der Waals surface area contributed by atoms with Gasteiger partial charge in [-0.25, -0.2) is 4.79 Å². The Morgan fingerprint density at radius 2 is 1.56 bits per heavy atom. The van der Waals surface area contributed by atoms with Crippen molar-refractivity contribution in [3.8, 4) is 17.6 Å². The molecule has 5 N–H and O–H groups in total. The number of aromatic hydroxyl groups is 1. The molecule has 2 aromatic rings. The number of carboxylic acids is 1. The second kappa shape index (κ2) is 13.4. The lowest BCUT2D eigenvalue weighted by atomic mass is 9.63. The molecule has 0 spiro atoms. The van der Waals surface area contributed by atoms with Gasteiger partial charge >= 0.3 is 5.97 Å². The van der Waals surface area contributed by atoms with Crippen LogP contribution in [0.15, 0.2) is 36.4 Å². The first-order valence-corrected chi connectivity index (χ1v) is 11.9. The molecule has 0 atom stereocenters. The molecule has 3 rings (SSSR count). The van der Waals surface area contributed by atoms with Gasteiger partial charge in [-0.2, -0.15) is 0 Å². The monoisotopic (exact) mass is 499 g/mol. The van der Waals surface area contributed by atoms with Crippen LogP contribution in [0.2, 0.25) is 0 Å². The number of nitrogens with one attached hydrogen (secondary N) is 1. The van der Waals surface area contributed by atoms with Gasteiger partial charge in [0.1, 0.15) is 11.3 Å². The average Bonchev–Trinajstić information content (AvgIpc) is 2.82. The summed E-state index contributed by atoms with van der Waals surface area (Å²) < 4.78 is 0. The van der Waals surface area contributed by atoms with E-state index in [1.807, 2.05) is 0 Å². The molecule has 36 heavy (non-hydrogen) atoms. The molecule has 0 amide bonds. The van der Waals surface area contributed by atoms with Crippen molar-refractivity contribution in [2.24, 2.45) is 0 Å². The second-order valence-electron chi connectivity index (χ2n) is 9.89. The van der Waals surface area contributed by atoms with Gasteiger partial charge in [-0.05, 0) is 58.6 Å². The first-order valence-electron chi connectivity index (χ1n) is 11.9. The Labute approximate surface area is 212 Å². The standard InChI is InChI=1S/C24H26O3.C4H11NO4/c1-23(2)12-13-24(3,4)20-14-16(9-11-19(20)23)6-5-7-17-8-10-18(22(26)27)21(25)15-17;6-1-3-8-5-9-4-2-7/h8-11,14-15,25H,6,12-13H2,1-4H3,(H,26,27);5-7H,1-4H2. The number of phenols is 1. The van der Waals surface area contributed by atoms with Crippen LogP contribution in [0.4, 0.5) is 0 Å². The number of carboxylic acid groups (broad SMARTS) is 1. The van der Waals surface area contributed by atoms with Gasteiger partial charge in [-0.1, -0.05) is 63.4 Å². The summed E-state index contributed by atoms with van der Waals surface area (Å²) >= 11 is 0. The van der Waals surface area contributed by atoms with Crippen molar-refractivity contribution >= 4 is 5.97 Å². The summed E-state index contributed by atoms with van der Waals surface area (Å²) in [6.07, 6.45) is 2.99. The first-order chi connectivity index (χ1) is 17.0. The smallest absolute Gasteiger partial charge is 0.339 e. The van der Waals surface area contributed by atoms with Gasteiger partial charge in [0, 0.05) is 12.0 Å².